The Hall–Kier alpha value is -4.04. The lowest BCUT2D eigenvalue weighted by molar-refractivity contribution is -0.155. The van der Waals surface area contributed by atoms with Crippen molar-refractivity contribution in [1.82, 2.24) is 19.5 Å². The zero-order chi connectivity index (χ0) is 46.2. The largest absolute Gasteiger partial charge is 0.489 e. The molecule has 14 heteroatoms. The number of esters is 1. The fourth-order valence-corrected chi connectivity index (χ4v) is 14.1. The number of piperidine rings is 1. The molecule has 9 atom stereocenters. The van der Waals surface area contributed by atoms with E-state index in [4.69, 9.17) is 19.2 Å². The molecule has 7 fully saturated rings. The van der Waals surface area contributed by atoms with Crippen molar-refractivity contribution in [3.63, 3.8) is 0 Å². The molecule has 0 radical (unpaired) electrons. The number of allylic oxidation sites excluding steroid dienone is 1. The normalized spacial score (nSPS) is 35.3. The number of ether oxygens (including phenoxy) is 3. The van der Waals surface area contributed by atoms with Crippen LogP contribution in [0.25, 0.3) is 10.9 Å². The number of aromatic nitrogens is 1. The number of pyridine rings is 1. The van der Waals surface area contributed by atoms with E-state index < -0.39 is 55.5 Å². The summed E-state index contributed by atoms with van der Waals surface area (Å²) in [6.45, 7) is 7.74. The molecule has 66 heavy (non-hydrogen) atoms. The van der Waals surface area contributed by atoms with Gasteiger partial charge in [0.25, 0.3) is 0 Å². The Morgan fingerprint density at radius 1 is 0.939 bits per heavy atom. The van der Waals surface area contributed by atoms with E-state index in [0.717, 1.165) is 99.3 Å². The van der Waals surface area contributed by atoms with Crippen LogP contribution < -0.4 is 14.2 Å². The van der Waals surface area contributed by atoms with E-state index in [9.17, 15) is 18.0 Å². The van der Waals surface area contributed by atoms with Crippen molar-refractivity contribution in [1.29, 1.82) is 0 Å². The van der Waals surface area contributed by atoms with Gasteiger partial charge in [-0.3, -0.25) is 23.9 Å². The van der Waals surface area contributed by atoms with E-state index in [-0.39, 0.29) is 62.1 Å². The Labute approximate surface area is 390 Å². The van der Waals surface area contributed by atoms with Gasteiger partial charge in [-0.05, 0) is 127 Å². The van der Waals surface area contributed by atoms with Gasteiger partial charge in [0.05, 0.1) is 46.2 Å². The molecule has 1 N–H and O–H groups in total. The molecule has 4 aliphatic heterocycles. The molecule has 4 saturated carbocycles. The van der Waals surface area contributed by atoms with Gasteiger partial charge in [-0.15, -0.1) is 6.58 Å². The molecular formula is C52H70N4O9S. The van der Waals surface area contributed by atoms with Gasteiger partial charge in [0.15, 0.2) is 5.78 Å². The third kappa shape index (κ3) is 8.68. The van der Waals surface area contributed by atoms with E-state index in [1.165, 1.54) is 12.8 Å². The summed E-state index contributed by atoms with van der Waals surface area (Å²) in [6, 6.07) is 8.04. The molecule has 10 rings (SSSR count). The number of nitrogens with one attached hydrogen (secondary N) is 1. The number of sulfonamides is 1. The molecule has 0 spiro atoms. The van der Waals surface area contributed by atoms with E-state index in [2.05, 4.69) is 36.2 Å². The Morgan fingerprint density at radius 3 is 2.38 bits per heavy atom. The van der Waals surface area contributed by atoms with Gasteiger partial charge in [0, 0.05) is 30.3 Å². The zero-order valence-corrected chi connectivity index (χ0v) is 40.1. The predicted molar refractivity (Wildman–Crippen MR) is 249 cm³/mol. The Balaban J connectivity index is 1.01. The van der Waals surface area contributed by atoms with Crippen molar-refractivity contribution in [2.75, 3.05) is 13.6 Å². The number of carbonyl (C=O) groups is 4. The van der Waals surface area contributed by atoms with Crippen LogP contribution in [0.2, 0.25) is 0 Å². The monoisotopic (exact) mass is 926 g/mol. The van der Waals surface area contributed by atoms with E-state index in [0.29, 0.717) is 43.1 Å². The van der Waals surface area contributed by atoms with Crippen molar-refractivity contribution in [2.45, 2.75) is 190 Å². The molecule has 4 aliphatic carbocycles. The molecule has 4 bridgehead atoms. The minimum atomic E-state index is -3.97. The van der Waals surface area contributed by atoms with Crippen LogP contribution in [0.1, 0.15) is 148 Å². The number of amides is 2. The highest BCUT2D eigenvalue weighted by Crippen LogP contribution is 2.58. The van der Waals surface area contributed by atoms with Crippen LogP contribution in [-0.4, -0.2) is 102 Å². The number of para-hydroxylation sites is 1. The molecule has 13 nitrogen and oxygen atoms in total. The van der Waals surface area contributed by atoms with Crippen molar-refractivity contribution in [3.8, 4) is 11.6 Å². The number of fused-ring (bicyclic) bond motifs is 7. The first-order valence-corrected chi connectivity index (χ1v) is 26.8. The predicted octanol–water partition coefficient (Wildman–Crippen LogP) is 7.76. The molecule has 3 saturated heterocycles. The molecular weight excluding hydrogens is 857 g/mol. The average Bonchev–Trinajstić information content (AvgIpc) is 4.25. The number of ketones is 1. The second kappa shape index (κ2) is 17.5. The van der Waals surface area contributed by atoms with Crippen LogP contribution >= 0.6 is 0 Å². The van der Waals surface area contributed by atoms with E-state index >= 15 is 9.59 Å². The summed E-state index contributed by atoms with van der Waals surface area (Å²) in [5, 5.41) is 0.943. The number of hydrogen-bond acceptors (Lipinski definition) is 11. The molecule has 2 amide bonds. The summed E-state index contributed by atoms with van der Waals surface area (Å²) in [4.78, 5) is 67.8. The highest BCUT2D eigenvalue weighted by atomic mass is 32.2. The summed E-state index contributed by atoms with van der Waals surface area (Å²) in [6.07, 6.45) is 16.0. The molecule has 1 aromatic heterocycles. The maximum atomic E-state index is 15.5. The Bertz CT molecular complexity index is 2360. The number of hydrogen-bond donors (Lipinski definition) is 1. The van der Waals surface area contributed by atoms with Gasteiger partial charge in [0.2, 0.25) is 27.7 Å². The molecule has 1 aromatic carbocycles. The lowest BCUT2D eigenvalue weighted by atomic mass is 9.65. The fraction of sp³-hybridized carbons (Fsp3) is 0.712. The number of nitrogens with zero attached hydrogens (tertiary/aromatic N) is 3. The first kappa shape index (κ1) is 45.7. The highest BCUT2D eigenvalue weighted by Gasteiger charge is 2.63. The van der Waals surface area contributed by atoms with Crippen molar-refractivity contribution >= 4 is 44.5 Å². The summed E-state index contributed by atoms with van der Waals surface area (Å²) >= 11 is 0. The lowest BCUT2D eigenvalue weighted by Crippen LogP contribution is -2.50. The second-order valence-electron chi connectivity index (χ2n) is 22.3. The number of Topliss-reactive ketones (excluding diaryl/α,β-unsaturated/α-hetero) is 1. The van der Waals surface area contributed by atoms with Crippen LogP contribution in [0.15, 0.2) is 36.9 Å². The average molecular weight is 927 g/mol. The van der Waals surface area contributed by atoms with Gasteiger partial charge >= 0.3 is 5.97 Å². The quantitative estimate of drug-likeness (QED) is 0.183. The first-order chi connectivity index (χ1) is 31.6. The van der Waals surface area contributed by atoms with Crippen molar-refractivity contribution < 1.29 is 41.8 Å². The number of carbonyl (C=O) groups excluding carboxylic acids is 4. The third-order valence-corrected chi connectivity index (χ3v) is 19.9. The van der Waals surface area contributed by atoms with E-state index in [1.54, 1.807) is 17.9 Å². The van der Waals surface area contributed by atoms with Crippen LogP contribution in [0, 0.1) is 28.6 Å². The fourth-order valence-electron chi connectivity index (χ4n) is 12.8. The smallest absolute Gasteiger partial charge is 0.306 e. The van der Waals surface area contributed by atoms with Crippen LogP contribution in [0.3, 0.4) is 0 Å². The molecule has 3 unspecified atom stereocenters. The van der Waals surface area contributed by atoms with Crippen molar-refractivity contribution in [3.05, 3.63) is 42.5 Å². The molecule has 5 heterocycles. The van der Waals surface area contributed by atoms with Gasteiger partial charge in [-0.1, -0.05) is 57.2 Å². The Kier molecular flexibility index (Phi) is 12.1. The maximum Gasteiger partial charge on any atom is 0.306 e. The van der Waals surface area contributed by atoms with Crippen molar-refractivity contribution in [2.24, 2.45) is 28.6 Å². The standard InChI is InChI=1S/C52H70N4O9S/c1-5-33-29-52(33,49(60)54-66(61,62)51(3)22-23-51)30-43(57)42-27-37-31-56(42)48(59)40(50(2)20-12-7-13-21-50)28-45(58)65-44-24-32(44)14-8-6-9-16-39-46(38-15-10-11-17-41(38)53-47(39)64-37)63-36-25-34-18-19-35(26-36)55(34)4/h5,10-11,15,17,32-37,40,42,44H,1,6-9,12-14,16,18-31H2,2-4H3,(H,54,60)/t32-,33-,34?,35?,36?,37-,40-,42+,44-,52?/m1/s1. The summed E-state index contributed by atoms with van der Waals surface area (Å²) in [5.74, 6) is -1.23. The van der Waals surface area contributed by atoms with Gasteiger partial charge < -0.3 is 24.0 Å². The molecule has 358 valence electrons. The summed E-state index contributed by atoms with van der Waals surface area (Å²) < 4.78 is 48.3. The SMILES string of the molecule is C=C[C@@H]1CC1(CC(=O)[C@@H]1C[C@@H]2CN1C(=O)[C@H](C1(C)CCCCC1)CC(=O)O[C@@H]1C[C@H]1CCCCCc1c(nc3ccccc3c1OC1CC3CCC(C1)N3C)O2)C(=O)NS(=O)(=O)C1(C)CC1. The van der Waals surface area contributed by atoms with Gasteiger partial charge in [-0.2, -0.15) is 0 Å². The lowest BCUT2D eigenvalue weighted by Gasteiger charge is -2.42. The van der Waals surface area contributed by atoms with E-state index in [1.807, 2.05) is 18.2 Å². The Morgan fingerprint density at radius 2 is 1.67 bits per heavy atom. The zero-order valence-electron chi connectivity index (χ0n) is 39.3. The summed E-state index contributed by atoms with van der Waals surface area (Å²) in [5.41, 5.74) is -0.134. The molecule has 2 aromatic rings. The van der Waals surface area contributed by atoms with Crippen LogP contribution in [-0.2, 0) is 40.4 Å². The minimum Gasteiger partial charge on any atom is -0.489 e. The van der Waals surface area contributed by atoms with Crippen LogP contribution in [0.4, 0.5) is 0 Å². The maximum absolute atomic E-state index is 15.5. The highest BCUT2D eigenvalue weighted by molar-refractivity contribution is 7.91. The van der Waals surface area contributed by atoms with Gasteiger partial charge in [-0.25, -0.2) is 13.4 Å². The number of benzene rings is 1. The third-order valence-electron chi connectivity index (χ3n) is 17.8. The summed E-state index contributed by atoms with van der Waals surface area (Å²) in [7, 11) is -1.73. The topological polar surface area (TPSA) is 162 Å². The second-order valence-corrected chi connectivity index (χ2v) is 24.5. The minimum absolute atomic E-state index is 0.0456. The molecule has 8 aliphatic rings. The number of rotatable bonds is 10. The van der Waals surface area contributed by atoms with Crippen LogP contribution in [0.5, 0.6) is 11.6 Å². The van der Waals surface area contributed by atoms with Gasteiger partial charge in [0.1, 0.15) is 24.1 Å². The first-order valence-electron chi connectivity index (χ1n) is 25.3.